The molecule has 0 radical (unpaired) electrons. The molecule has 0 saturated carbocycles. The van der Waals surface area contributed by atoms with Crippen molar-refractivity contribution in [1.82, 2.24) is 0 Å². The Morgan fingerprint density at radius 2 is 1.77 bits per heavy atom. The molecule has 0 bridgehead atoms. The lowest BCUT2D eigenvalue weighted by Gasteiger charge is -2.06. The molecule has 6 heteroatoms. The Morgan fingerprint density at radius 3 is 2.48 bits per heavy atom. The number of cyclic esters (lactones) is 1. The molecule has 2 aromatic carbocycles. The van der Waals surface area contributed by atoms with Gasteiger partial charge in [-0.25, -0.2) is 9.79 Å². The summed E-state index contributed by atoms with van der Waals surface area (Å²) in [5, 5.41) is 0. The zero-order valence-corrected chi connectivity index (χ0v) is 19.6. The van der Waals surface area contributed by atoms with Crippen LogP contribution in [0.2, 0.25) is 0 Å². The Labute approximate surface area is 192 Å². The lowest BCUT2D eigenvalue weighted by molar-refractivity contribution is -0.129. The predicted octanol–water partition coefficient (Wildman–Crippen LogP) is 6.54. The second-order valence-electron chi connectivity index (χ2n) is 7.37. The van der Waals surface area contributed by atoms with Crippen LogP contribution in [-0.2, 0) is 9.53 Å². The van der Waals surface area contributed by atoms with Crippen LogP contribution in [0.4, 0.5) is 0 Å². The van der Waals surface area contributed by atoms with Crippen LogP contribution in [0, 0.1) is 0 Å². The first-order chi connectivity index (χ1) is 15.1. The first-order valence-corrected chi connectivity index (χ1v) is 11.5. The van der Waals surface area contributed by atoms with E-state index in [2.05, 4.69) is 27.8 Å². The summed E-state index contributed by atoms with van der Waals surface area (Å²) < 4.78 is 17.1. The number of unbranched alkanes of at least 4 members (excludes halogenated alkanes) is 5. The minimum atomic E-state index is -0.467. The van der Waals surface area contributed by atoms with Crippen molar-refractivity contribution in [2.45, 2.75) is 45.4 Å². The van der Waals surface area contributed by atoms with Crippen molar-refractivity contribution in [3.05, 3.63) is 63.8 Å². The van der Waals surface area contributed by atoms with Gasteiger partial charge in [0.2, 0.25) is 5.90 Å². The number of carbonyl (C=O) groups excluding carboxylic acids is 1. The first-order valence-electron chi connectivity index (χ1n) is 10.7. The van der Waals surface area contributed by atoms with Crippen molar-refractivity contribution in [2.24, 2.45) is 4.99 Å². The minimum absolute atomic E-state index is 0.266. The smallest absolute Gasteiger partial charge is 0.363 e. The summed E-state index contributed by atoms with van der Waals surface area (Å²) in [7, 11) is 1.60. The summed E-state index contributed by atoms with van der Waals surface area (Å²) in [6, 6.07) is 13.0. The molecule has 0 N–H and O–H groups in total. The maximum atomic E-state index is 12.2. The van der Waals surface area contributed by atoms with Crippen LogP contribution >= 0.6 is 15.9 Å². The summed E-state index contributed by atoms with van der Waals surface area (Å²) in [4.78, 5) is 16.6. The Balaban J connectivity index is 1.57. The number of aliphatic imine (C=N–C) groups is 1. The number of benzene rings is 2. The molecule has 164 valence electrons. The molecule has 0 atom stereocenters. The number of esters is 1. The van der Waals surface area contributed by atoms with Gasteiger partial charge in [-0.15, -0.1) is 0 Å². The second kappa shape index (κ2) is 11.7. The molecule has 1 aliphatic rings. The van der Waals surface area contributed by atoms with Gasteiger partial charge in [0.25, 0.3) is 0 Å². The van der Waals surface area contributed by atoms with Crippen molar-refractivity contribution < 1.29 is 19.0 Å². The van der Waals surface area contributed by atoms with Gasteiger partial charge in [-0.1, -0.05) is 51.2 Å². The summed E-state index contributed by atoms with van der Waals surface area (Å²) >= 11 is 3.43. The van der Waals surface area contributed by atoms with Crippen LogP contribution in [-0.4, -0.2) is 25.6 Å². The average Bonchev–Trinajstić information content (AvgIpc) is 3.14. The fraction of sp³-hybridized carbons (Fsp3) is 0.360. The van der Waals surface area contributed by atoms with E-state index in [4.69, 9.17) is 14.2 Å². The maximum absolute atomic E-state index is 12.2. The molecule has 2 aromatic rings. The Hall–Kier alpha value is -2.60. The molecule has 0 spiro atoms. The Bertz CT molecular complexity index is 950. The molecule has 0 unspecified atom stereocenters. The SMILES string of the molecule is CCCCCCCCOc1ccc(C=C2N=C(c3ccc(OC)c(Br)c3)OC2=O)cc1. The highest BCUT2D eigenvalue weighted by atomic mass is 79.9. The van der Waals surface area contributed by atoms with E-state index in [0.29, 0.717) is 11.3 Å². The van der Waals surface area contributed by atoms with Crippen LogP contribution in [0.25, 0.3) is 6.08 Å². The molecule has 5 nitrogen and oxygen atoms in total. The quantitative estimate of drug-likeness (QED) is 0.206. The Morgan fingerprint density at radius 1 is 1.03 bits per heavy atom. The third-order valence-electron chi connectivity index (χ3n) is 4.97. The average molecular weight is 486 g/mol. The molecule has 0 aliphatic carbocycles. The number of hydrogen-bond donors (Lipinski definition) is 0. The van der Waals surface area contributed by atoms with E-state index in [1.165, 1.54) is 32.1 Å². The molecule has 0 saturated heterocycles. The molecule has 31 heavy (non-hydrogen) atoms. The van der Waals surface area contributed by atoms with Gasteiger partial charge in [0.15, 0.2) is 5.70 Å². The molecular formula is C25H28BrNO4. The van der Waals surface area contributed by atoms with Gasteiger partial charge in [0.1, 0.15) is 11.5 Å². The summed E-state index contributed by atoms with van der Waals surface area (Å²) in [6.07, 6.45) is 9.15. The van der Waals surface area contributed by atoms with Crippen molar-refractivity contribution in [2.75, 3.05) is 13.7 Å². The van der Waals surface area contributed by atoms with E-state index in [9.17, 15) is 4.79 Å². The van der Waals surface area contributed by atoms with E-state index in [-0.39, 0.29) is 11.6 Å². The zero-order valence-electron chi connectivity index (χ0n) is 18.0. The standard InChI is InChI=1S/C25H28BrNO4/c1-3-4-5-6-7-8-15-30-20-12-9-18(10-13-20)16-22-25(28)31-24(27-22)19-11-14-23(29-2)21(26)17-19/h9-14,16-17H,3-8,15H2,1-2H3. The summed E-state index contributed by atoms with van der Waals surface area (Å²) in [5.41, 5.74) is 1.82. The third kappa shape index (κ3) is 6.69. The van der Waals surface area contributed by atoms with Crippen LogP contribution in [0.5, 0.6) is 11.5 Å². The first kappa shape index (κ1) is 23.1. The molecular weight excluding hydrogens is 458 g/mol. The summed E-state index contributed by atoms with van der Waals surface area (Å²) in [6.45, 7) is 2.95. The summed E-state index contributed by atoms with van der Waals surface area (Å²) in [5.74, 6) is 1.34. The minimum Gasteiger partial charge on any atom is -0.496 e. The van der Waals surface area contributed by atoms with Gasteiger partial charge < -0.3 is 14.2 Å². The van der Waals surface area contributed by atoms with Crippen LogP contribution < -0.4 is 9.47 Å². The van der Waals surface area contributed by atoms with Gasteiger partial charge in [-0.05, 0) is 64.3 Å². The van der Waals surface area contributed by atoms with Gasteiger partial charge in [0.05, 0.1) is 18.2 Å². The van der Waals surface area contributed by atoms with Crippen LogP contribution in [0.3, 0.4) is 0 Å². The normalized spacial score (nSPS) is 14.5. The van der Waals surface area contributed by atoms with Gasteiger partial charge in [0, 0.05) is 5.56 Å². The number of halogens is 1. The lowest BCUT2D eigenvalue weighted by Crippen LogP contribution is -2.05. The van der Waals surface area contributed by atoms with E-state index in [1.54, 1.807) is 25.3 Å². The highest BCUT2D eigenvalue weighted by Crippen LogP contribution is 2.28. The molecule has 1 aliphatic heterocycles. The molecule has 1 heterocycles. The number of nitrogens with zero attached hydrogens (tertiary/aromatic N) is 1. The fourth-order valence-electron chi connectivity index (χ4n) is 3.22. The monoisotopic (exact) mass is 485 g/mol. The predicted molar refractivity (Wildman–Crippen MR) is 127 cm³/mol. The van der Waals surface area contributed by atoms with Crippen molar-refractivity contribution in [1.29, 1.82) is 0 Å². The third-order valence-corrected chi connectivity index (χ3v) is 5.59. The molecule has 3 rings (SSSR count). The van der Waals surface area contributed by atoms with Crippen molar-refractivity contribution in [3.63, 3.8) is 0 Å². The zero-order chi connectivity index (χ0) is 22.1. The number of carbonyl (C=O) groups is 1. The van der Waals surface area contributed by atoms with Gasteiger partial charge in [-0.2, -0.15) is 0 Å². The molecule has 0 fully saturated rings. The second-order valence-corrected chi connectivity index (χ2v) is 8.22. The van der Waals surface area contributed by atoms with E-state index in [1.807, 2.05) is 30.3 Å². The molecule has 0 aromatic heterocycles. The topological polar surface area (TPSA) is 57.1 Å². The highest BCUT2D eigenvalue weighted by molar-refractivity contribution is 9.10. The molecule has 0 amide bonds. The van der Waals surface area contributed by atoms with Crippen LogP contribution in [0.1, 0.15) is 56.6 Å². The number of hydrogen-bond acceptors (Lipinski definition) is 5. The maximum Gasteiger partial charge on any atom is 0.363 e. The lowest BCUT2D eigenvalue weighted by atomic mass is 10.1. The number of methoxy groups -OCH3 is 1. The van der Waals surface area contributed by atoms with Crippen LogP contribution in [0.15, 0.2) is 57.6 Å². The van der Waals surface area contributed by atoms with E-state index >= 15 is 0 Å². The van der Waals surface area contributed by atoms with E-state index < -0.39 is 5.97 Å². The van der Waals surface area contributed by atoms with Gasteiger partial charge >= 0.3 is 5.97 Å². The number of ether oxygens (including phenoxy) is 3. The Kier molecular flexibility index (Phi) is 8.71. The van der Waals surface area contributed by atoms with Crippen molar-refractivity contribution in [3.8, 4) is 11.5 Å². The highest BCUT2D eigenvalue weighted by Gasteiger charge is 2.24. The largest absolute Gasteiger partial charge is 0.496 e. The number of rotatable bonds is 11. The van der Waals surface area contributed by atoms with Gasteiger partial charge in [-0.3, -0.25) is 0 Å². The van der Waals surface area contributed by atoms with E-state index in [0.717, 1.165) is 28.8 Å². The van der Waals surface area contributed by atoms with Crippen molar-refractivity contribution >= 4 is 33.9 Å². The fourth-order valence-corrected chi connectivity index (χ4v) is 3.76.